The summed E-state index contributed by atoms with van der Waals surface area (Å²) in [5.74, 6) is -0.176. The number of carbonyl (C=O) groups is 1. The highest BCUT2D eigenvalue weighted by Crippen LogP contribution is 2.10. The number of unbranched alkanes of at least 4 members (excludes halogenated alkanes) is 2. The molecule has 0 saturated heterocycles. The maximum absolute atomic E-state index is 10.3. The van der Waals surface area contributed by atoms with Crippen molar-refractivity contribution in [3.8, 4) is 0 Å². The van der Waals surface area contributed by atoms with Gasteiger partial charge in [-0.3, -0.25) is 4.79 Å². The zero-order valence-electron chi connectivity index (χ0n) is 6.68. The SMILES string of the molecule is CCCCC[C](C)C(=O)O. The minimum absolute atomic E-state index is 0.577. The normalized spacial score (nSPS) is 10.3. The summed E-state index contributed by atoms with van der Waals surface area (Å²) in [5, 5.41) is 8.44. The standard InChI is InChI=1S/C8H15O2/c1-3-4-5-6-7(2)8(9)10/h3-6H2,1-2H3,(H,9,10). The fourth-order valence-corrected chi connectivity index (χ4v) is 0.747. The van der Waals surface area contributed by atoms with Crippen LogP contribution in [0.4, 0.5) is 0 Å². The average Bonchev–Trinajstić information content (AvgIpc) is 1.88. The first-order valence-electron chi connectivity index (χ1n) is 3.74. The van der Waals surface area contributed by atoms with Gasteiger partial charge in [-0.2, -0.15) is 0 Å². The third-order valence-electron chi connectivity index (χ3n) is 1.52. The second kappa shape index (κ2) is 5.27. The Morgan fingerprint density at radius 2 is 2.00 bits per heavy atom. The summed E-state index contributed by atoms with van der Waals surface area (Å²) in [7, 11) is 0. The second-order valence-electron chi connectivity index (χ2n) is 2.54. The van der Waals surface area contributed by atoms with Gasteiger partial charge in [-0.15, -0.1) is 0 Å². The van der Waals surface area contributed by atoms with Crippen LogP contribution in [0.3, 0.4) is 0 Å². The maximum Gasteiger partial charge on any atom is 0.310 e. The van der Waals surface area contributed by atoms with Gasteiger partial charge in [-0.1, -0.05) is 26.2 Å². The van der Waals surface area contributed by atoms with Crippen LogP contribution in [0.25, 0.3) is 0 Å². The second-order valence-corrected chi connectivity index (χ2v) is 2.54. The fraction of sp³-hybridized carbons (Fsp3) is 0.750. The lowest BCUT2D eigenvalue weighted by Crippen LogP contribution is -2.06. The molecule has 2 heteroatoms. The van der Waals surface area contributed by atoms with Gasteiger partial charge >= 0.3 is 5.97 Å². The summed E-state index contributed by atoms with van der Waals surface area (Å²) in [5.41, 5.74) is 0. The lowest BCUT2D eigenvalue weighted by atomic mass is 10.0. The van der Waals surface area contributed by atoms with Crippen LogP contribution in [-0.4, -0.2) is 11.1 Å². The van der Waals surface area contributed by atoms with Gasteiger partial charge in [0.2, 0.25) is 0 Å². The van der Waals surface area contributed by atoms with Crippen molar-refractivity contribution in [2.24, 2.45) is 0 Å². The van der Waals surface area contributed by atoms with Crippen molar-refractivity contribution in [3.63, 3.8) is 0 Å². The van der Waals surface area contributed by atoms with Gasteiger partial charge in [0.25, 0.3) is 0 Å². The van der Waals surface area contributed by atoms with Gasteiger partial charge in [0.15, 0.2) is 0 Å². The molecule has 2 nitrogen and oxygen atoms in total. The van der Waals surface area contributed by atoms with Crippen LogP contribution in [0.1, 0.15) is 39.5 Å². The lowest BCUT2D eigenvalue weighted by molar-refractivity contribution is -0.135. The van der Waals surface area contributed by atoms with Crippen molar-refractivity contribution in [1.29, 1.82) is 0 Å². The minimum Gasteiger partial charge on any atom is -0.481 e. The van der Waals surface area contributed by atoms with E-state index in [1.807, 2.05) is 0 Å². The van der Waals surface area contributed by atoms with Crippen molar-refractivity contribution in [2.75, 3.05) is 0 Å². The molecule has 0 aliphatic rings. The van der Waals surface area contributed by atoms with E-state index in [0.29, 0.717) is 5.92 Å². The third-order valence-corrected chi connectivity index (χ3v) is 1.52. The van der Waals surface area contributed by atoms with Crippen LogP contribution in [0.5, 0.6) is 0 Å². The quantitative estimate of drug-likeness (QED) is 0.599. The molecule has 0 atom stereocenters. The summed E-state index contributed by atoms with van der Waals surface area (Å²) in [6, 6.07) is 0. The van der Waals surface area contributed by atoms with Crippen LogP contribution in [0, 0.1) is 5.92 Å². The molecule has 0 saturated carbocycles. The van der Waals surface area contributed by atoms with Gasteiger partial charge in [0.1, 0.15) is 0 Å². The molecule has 0 aliphatic heterocycles. The van der Waals surface area contributed by atoms with Gasteiger partial charge in [0.05, 0.1) is 5.92 Å². The Kier molecular flexibility index (Phi) is 4.99. The first-order chi connectivity index (χ1) is 4.68. The number of rotatable bonds is 5. The molecule has 1 radical (unpaired) electrons. The molecule has 1 N–H and O–H groups in total. The predicted molar refractivity (Wildman–Crippen MR) is 40.7 cm³/mol. The van der Waals surface area contributed by atoms with E-state index in [9.17, 15) is 4.79 Å². The topological polar surface area (TPSA) is 37.3 Å². The largest absolute Gasteiger partial charge is 0.481 e. The Balaban J connectivity index is 3.21. The van der Waals surface area contributed by atoms with E-state index in [1.54, 1.807) is 6.92 Å². The van der Waals surface area contributed by atoms with Crippen molar-refractivity contribution >= 4 is 5.97 Å². The highest BCUT2D eigenvalue weighted by atomic mass is 16.4. The molecular formula is C8H15O2. The molecular weight excluding hydrogens is 128 g/mol. The number of aliphatic carboxylic acids is 1. The molecule has 10 heavy (non-hydrogen) atoms. The molecule has 0 aromatic carbocycles. The molecule has 0 rings (SSSR count). The first kappa shape index (κ1) is 9.47. The highest BCUT2D eigenvalue weighted by Gasteiger charge is 2.09. The smallest absolute Gasteiger partial charge is 0.310 e. The van der Waals surface area contributed by atoms with Crippen molar-refractivity contribution < 1.29 is 9.90 Å². The molecule has 59 valence electrons. The first-order valence-corrected chi connectivity index (χ1v) is 3.74. The van der Waals surface area contributed by atoms with E-state index in [-0.39, 0.29) is 0 Å². The average molecular weight is 143 g/mol. The lowest BCUT2D eigenvalue weighted by Gasteiger charge is -2.02. The Labute approximate surface area is 62.2 Å². The number of hydrogen-bond acceptors (Lipinski definition) is 1. The molecule has 0 spiro atoms. The summed E-state index contributed by atoms with van der Waals surface area (Å²) in [6.45, 7) is 3.79. The van der Waals surface area contributed by atoms with E-state index in [4.69, 9.17) is 5.11 Å². The molecule has 0 heterocycles. The van der Waals surface area contributed by atoms with Gasteiger partial charge in [-0.05, 0) is 13.3 Å². The Morgan fingerprint density at radius 3 is 2.40 bits per heavy atom. The molecule has 0 aromatic rings. The van der Waals surface area contributed by atoms with Crippen LogP contribution in [0.2, 0.25) is 0 Å². The summed E-state index contributed by atoms with van der Waals surface area (Å²) in [4.78, 5) is 10.3. The molecule has 0 amide bonds. The van der Waals surface area contributed by atoms with Crippen molar-refractivity contribution in [3.05, 3.63) is 5.92 Å². The highest BCUT2D eigenvalue weighted by molar-refractivity contribution is 5.81. The zero-order chi connectivity index (χ0) is 7.98. The fourth-order valence-electron chi connectivity index (χ4n) is 0.747. The van der Waals surface area contributed by atoms with Crippen LogP contribution < -0.4 is 0 Å². The number of carboxylic acid groups (broad SMARTS) is 1. The van der Waals surface area contributed by atoms with Crippen LogP contribution >= 0.6 is 0 Å². The molecule has 0 aromatic heterocycles. The molecule has 0 fully saturated rings. The van der Waals surface area contributed by atoms with Crippen LogP contribution in [-0.2, 0) is 4.79 Å². The van der Waals surface area contributed by atoms with Crippen LogP contribution in [0.15, 0.2) is 0 Å². The monoisotopic (exact) mass is 143 g/mol. The molecule has 0 aliphatic carbocycles. The summed E-state index contributed by atoms with van der Waals surface area (Å²) < 4.78 is 0. The van der Waals surface area contributed by atoms with Gasteiger partial charge in [-0.25, -0.2) is 0 Å². The van der Waals surface area contributed by atoms with E-state index < -0.39 is 5.97 Å². The van der Waals surface area contributed by atoms with Crippen molar-refractivity contribution in [2.45, 2.75) is 39.5 Å². The van der Waals surface area contributed by atoms with Gasteiger partial charge in [0, 0.05) is 0 Å². The Bertz CT molecular complexity index is 99.4. The predicted octanol–water partition coefficient (Wildman–Crippen LogP) is 2.25. The van der Waals surface area contributed by atoms with E-state index in [1.165, 1.54) is 0 Å². The number of hydrogen-bond donors (Lipinski definition) is 1. The third kappa shape index (κ3) is 4.36. The number of carboxylic acids is 1. The molecule has 0 unspecified atom stereocenters. The van der Waals surface area contributed by atoms with E-state index in [2.05, 4.69) is 6.92 Å². The van der Waals surface area contributed by atoms with Gasteiger partial charge < -0.3 is 5.11 Å². The Morgan fingerprint density at radius 1 is 1.40 bits per heavy atom. The minimum atomic E-state index is -0.754. The Hall–Kier alpha value is -0.530. The van der Waals surface area contributed by atoms with E-state index in [0.717, 1.165) is 25.7 Å². The summed E-state index contributed by atoms with van der Waals surface area (Å²) >= 11 is 0. The molecule has 0 bridgehead atoms. The summed E-state index contributed by atoms with van der Waals surface area (Å²) in [6.07, 6.45) is 4.02. The zero-order valence-corrected chi connectivity index (χ0v) is 6.68. The van der Waals surface area contributed by atoms with E-state index >= 15 is 0 Å². The van der Waals surface area contributed by atoms with Crippen molar-refractivity contribution in [1.82, 2.24) is 0 Å². The maximum atomic E-state index is 10.3.